The van der Waals surface area contributed by atoms with Crippen molar-refractivity contribution >= 4 is 32.9 Å². The second-order valence-electron chi connectivity index (χ2n) is 6.66. The molecule has 4 rings (SSSR count). The number of anilines is 1. The van der Waals surface area contributed by atoms with E-state index in [0.717, 1.165) is 33.3 Å². The van der Waals surface area contributed by atoms with Gasteiger partial charge in [0, 0.05) is 6.20 Å². The molecule has 0 atom stereocenters. The first kappa shape index (κ1) is 18.3. The van der Waals surface area contributed by atoms with Gasteiger partial charge in [-0.15, -0.1) is 0 Å². The predicted octanol–water partition coefficient (Wildman–Crippen LogP) is 5.24. The van der Waals surface area contributed by atoms with Gasteiger partial charge in [-0.3, -0.25) is 5.43 Å². The maximum Gasteiger partial charge on any atom is 0.204 e. The molecule has 0 saturated carbocycles. The van der Waals surface area contributed by atoms with Crippen molar-refractivity contribution in [2.24, 2.45) is 5.10 Å². The summed E-state index contributed by atoms with van der Waals surface area (Å²) in [7, 11) is 0. The average Bonchev–Trinajstić information content (AvgIpc) is 3.27. The number of para-hydroxylation sites is 1. The van der Waals surface area contributed by atoms with E-state index in [-0.39, 0.29) is 0 Å². The summed E-state index contributed by atoms with van der Waals surface area (Å²) in [5.74, 6) is 0.914. The fourth-order valence-electron chi connectivity index (χ4n) is 3.10. The van der Waals surface area contributed by atoms with Crippen molar-refractivity contribution in [2.45, 2.75) is 20.4 Å². The Hall–Kier alpha value is -3.12. The Kier molecular flexibility index (Phi) is 5.39. The highest BCUT2D eigenvalue weighted by molar-refractivity contribution is 7.22. The molecule has 0 aliphatic rings. The number of ether oxygens (including phenoxy) is 1. The molecule has 0 amide bonds. The zero-order valence-electron chi connectivity index (χ0n) is 15.9. The van der Waals surface area contributed by atoms with E-state index in [1.807, 2.05) is 42.7 Å². The van der Waals surface area contributed by atoms with Crippen molar-refractivity contribution in [2.75, 3.05) is 12.0 Å². The van der Waals surface area contributed by atoms with Gasteiger partial charge in [0.25, 0.3) is 0 Å². The maximum absolute atomic E-state index is 5.91. The summed E-state index contributed by atoms with van der Waals surface area (Å²) >= 11 is 1.59. The number of hydrogen-bond acceptors (Lipinski definition) is 5. The third kappa shape index (κ3) is 4.40. The van der Waals surface area contributed by atoms with Gasteiger partial charge in [0.2, 0.25) is 5.13 Å². The molecule has 2 heterocycles. The summed E-state index contributed by atoms with van der Waals surface area (Å²) in [6, 6.07) is 18.4. The van der Waals surface area contributed by atoms with Crippen LogP contribution in [0.25, 0.3) is 10.2 Å². The molecule has 28 heavy (non-hydrogen) atoms. The van der Waals surface area contributed by atoms with Crippen molar-refractivity contribution in [3.05, 3.63) is 77.6 Å². The van der Waals surface area contributed by atoms with Crippen LogP contribution < -0.4 is 10.2 Å². The van der Waals surface area contributed by atoms with Crippen LogP contribution in [0.2, 0.25) is 0 Å². The molecule has 6 heteroatoms. The molecule has 0 radical (unpaired) electrons. The molecule has 1 N–H and O–H groups in total. The highest BCUT2D eigenvalue weighted by atomic mass is 32.1. The van der Waals surface area contributed by atoms with Gasteiger partial charge in [-0.25, -0.2) is 4.98 Å². The fourth-order valence-corrected chi connectivity index (χ4v) is 3.92. The maximum atomic E-state index is 5.91. The average molecular weight is 391 g/mol. The van der Waals surface area contributed by atoms with Crippen molar-refractivity contribution < 1.29 is 4.74 Å². The Bertz CT molecular complexity index is 1060. The van der Waals surface area contributed by atoms with Gasteiger partial charge in [-0.2, -0.15) is 5.10 Å². The molecule has 2 aromatic heterocycles. The summed E-state index contributed by atoms with van der Waals surface area (Å²) in [6.07, 6.45) is 3.84. The molecule has 0 unspecified atom stereocenters. The third-order valence-electron chi connectivity index (χ3n) is 4.31. The van der Waals surface area contributed by atoms with Gasteiger partial charge < -0.3 is 9.30 Å². The van der Waals surface area contributed by atoms with E-state index in [1.54, 1.807) is 11.3 Å². The van der Waals surface area contributed by atoms with Crippen LogP contribution in [0, 0.1) is 13.8 Å². The minimum atomic E-state index is 0.601. The Labute approximate surface area is 168 Å². The lowest BCUT2D eigenvalue weighted by Crippen LogP contribution is -2.10. The number of thiazole rings is 1. The van der Waals surface area contributed by atoms with Crippen LogP contribution in [-0.4, -0.2) is 22.4 Å². The van der Waals surface area contributed by atoms with E-state index in [9.17, 15) is 0 Å². The van der Waals surface area contributed by atoms with Crippen LogP contribution in [-0.2, 0) is 6.54 Å². The van der Waals surface area contributed by atoms with Crippen LogP contribution in [0.3, 0.4) is 0 Å². The zero-order valence-corrected chi connectivity index (χ0v) is 16.7. The number of nitrogens with one attached hydrogen (secondary N) is 1. The molecule has 142 valence electrons. The van der Waals surface area contributed by atoms with Crippen LogP contribution in [0.5, 0.6) is 5.75 Å². The molecular formula is C22H22N4OS. The molecule has 0 aliphatic heterocycles. The van der Waals surface area contributed by atoms with Gasteiger partial charge in [0.15, 0.2) is 0 Å². The number of nitrogens with zero attached hydrogens (tertiary/aromatic N) is 3. The molecular weight excluding hydrogens is 368 g/mol. The summed E-state index contributed by atoms with van der Waals surface area (Å²) < 4.78 is 9.18. The van der Waals surface area contributed by atoms with E-state index < -0.39 is 0 Å². The highest BCUT2D eigenvalue weighted by Crippen LogP contribution is 2.25. The van der Waals surface area contributed by atoms with Gasteiger partial charge in [-0.1, -0.05) is 29.5 Å². The van der Waals surface area contributed by atoms with E-state index in [2.05, 4.69) is 58.2 Å². The molecule has 4 aromatic rings. The quantitative estimate of drug-likeness (QED) is 0.347. The molecule has 0 aliphatic carbocycles. The number of rotatable bonds is 7. The summed E-state index contributed by atoms with van der Waals surface area (Å²) in [4.78, 5) is 4.52. The smallest absolute Gasteiger partial charge is 0.204 e. The van der Waals surface area contributed by atoms with Crippen LogP contribution >= 0.6 is 11.3 Å². The van der Waals surface area contributed by atoms with Crippen molar-refractivity contribution in [3.8, 4) is 5.75 Å². The molecule has 0 saturated heterocycles. The monoisotopic (exact) mass is 390 g/mol. The number of benzene rings is 2. The van der Waals surface area contributed by atoms with Gasteiger partial charge in [0.1, 0.15) is 12.4 Å². The summed E-state index contributed by atoms with van der Waals surface area (Å²) in [5.41, 5.74) is 7.45. The highest BCUT2D eigenvalue weighted by Gasteiger charge is 2.03. The van der Waals surface area contributed by atoms with Crippen molar-refractivity contribution in [1.82, 2.24) is 9.55 Å². The first-order valence-corrected chi connectivity index (χ1v) is 10.00. The third-order valence-corrected chi connectivity index (χ3v) is 5.25. The van der Waals surface area contributed by atoms with Gasteiger partial charge in [-0.05, 0) is 61.4 Å². The lowest BCUT2D eigenvalue weighted by atomic mass is 10.1. The SMILES string of the molecule is Cc1cc(C)cc(OCCn2cccc2/C=N/Nc2nc3ccccc3s2)c1. The molecule has 0 bridgehead atoms. The largest absolute Gasteiger partial charge is 0.492 e. The topological polar surface area (TPSA) is 51.4 Å². The zero-order chi connectivity index (χ0) is 19.3. The van der Waals surface area contributed by atoms with Gasteiger partial charge in [0.05, 0.1) is 28.7 Å². The number of aromatic nitrogens is 2. The Balaban J connectivity index is 1.35. The Morgan fingerprint density at radius 2 is 1.93 bits per heavy atom. The van der Waals surface area contributed by atoms with E-state index in [4.69, 9.17) is 4.74 Å². The van der Waals surface area contributed by atoms with Crippen molar-refractivity contribution in [3.63, 3.8) is 0 Å². The summed E-state index contributed by atoms with van der Waals surface area (Å²) in [5, 5.41) is 5.13. The normalized spacial score (nSPS) is 11.4. The molecule has 0 spiro atoms. The lowest BCUT2D eigenvalue weighted by molar-refractivity contribution is 0.298. The van der Waals surface area contributed by atoms with Gasteiger partial charge >= 0.3 is 0 Å². The van der Waals surface area contributed by atoms with Crippen LogP contribution in [0.1, 0.15) is 16.8 Å². The lowest BCUT2D eigenvalue weighted by Gasteiger charge is -2.10. The number of hydrazone groups is 1. The molecule has 0 fully saturated rings. The molecule has 2 aromatic carbocycles. The number of fused-ring (bicyclic) bond motifs is 1. The Morgan fingerprint density at radius 3 is 2.75 bits per heavy atom. The second kappa shape index (κ2) is 8.27. The van der Waals surface area contributed by atoms with E-state index in [1.165, 1.54) is 11.1 Å². The second-order valence-corrected chi connectivity index (χ2v) is 7.69. The van der Waals surface area contributed by atoms with E-state index in [0.29, 0.717) is 6.61 Å². The van der Waals surface area contributed by atoms with Crippen LogP contribution in [0.15, 0.2) is 65.9 Å². The predicted molar refractivity (Wildman–Crippen MR) is 117 cm³/mol. The fraction of sp³-hybridized carbons (Fsp3) is 0.182. The van der Waals surface area contributed by atoms with E-state index >= 15 is 0 Å². The minimum absolute atomic E-state index is 0.601. The minimum Gasteiger partial charge on any atom is -0.492 e. The summed E-state index contributed by atoms with van der Waals surface area (Å²) in [6.45, 7) is 5.52. The number of aryl methyl sites for hydroxylation is 2. The van der Waals surface area contributed by atoms with Crippen molar-refractivity contribution in [1.29, 1.82) is 0 Å². The first-order valence-electron chi connectivity index (χ1n) is 9.18. The standard InChI is InChI=1S/C22H22N4OS/c1-16-12-17(2)14-19(13-16)27-11-10-26-9-5-6-18(26)15-23-25-22-24-20-7-3-4-8-21(20)28-22/h3-9,12-15H,10-11H2,1-2H3,(H,24,25)/b23-15+. The Morgan fingerprint density at radius 1 is 1.11 bits per heavy atom. The number of hydrogen-bond donors (Lipinski definition) is 1. The van der Waals surface area contributed by atoms with Crippen LogP contribution in [0.4, 0.5) is 5.13 Å². The molecule has 5 nitrogen and oxygen atoms in total. The first-order chi connectivity index (χ1) is 13.7.